The smallest absolute Gasteiger partial charge is 0.341 e. The van der Waals surface area contributed by atoms with Gasteiger partial charge in [0.15, 0.2) is 0 Å². The van der Waals surface area contributed by atoms with E-state index in [2.05, 4.69) is 0 Å². The molecule has 1 atom stereocenters. The van der Waals surface area contributed by atoms with Gasteiger partial charge in [-0.2, -0.15) is 0 Å². The SMILES string of the molecule is C[C@@H](COC(=O)c1cc(N)ccc1O)Cc1ccccc1. The molecule has 0 unspecified atom stereocenters. The van der Waals surface area contributed by atoms with Crippen LogP contribution in [0, 0.1) is 5.92 Å². The number of carbonyl (C=O) groups is 1. The Bertz CT molecular complexity index is 611. The van der Waals surface area contributed by atoms with Gasteiger partial charge in [0.05, 0.1) is 6.61 Å². The number of benzene rings is 2. The van der Waals surface area contributed by atoms with Crippen LogP contribution >= 0.6 is 0 Å². The number of phenols is 1. The zero-order chi connectivity index (χ0) is 15.2. The van der Waals surface area contributed by atoms with Crippen LogP contribution in [0.1, 0.15) is 22.8 Å². The highest BCUT2D eigenvalue weighted by Gasteiger charge is 2.14. The van der Waals surface area contributed by atoms with Crippen LogP contribution in [0.4, 0.5) is 5.69 Å². The van der Waals surface area contributed by atoms with Gasteiger partial charge in [0, 0.05) is 5.69 Å². The van der Waals surface area contributed by atoms with Crippen molar-refractivity contribution in [1.29, 1.82) is 0 Å². The molecule has 2 aromatic rings. The molecule has 0 radical (unpaired) electrons. The van der Waals surface area contributed by atoms with E-state index < -0.39 is 5.97 Å². The Morgan fingerprint density at radius 2 is 1.95 bits per heavy atom. The van der Waals surface area contributed by atoms with Crippen molar-refractivity contribution in [3.05, 3.63) is 59.7 Å². The number of esters is 1. The average molecular weight is 285 g/mol. The number of phenolic OH excluding ortho intramolecular Hbond substituents is 1. The summed E-state index contributed by atoms with van der Waals surface area (Å²) in [5.41, 5.74) is 7.32. The highest BCUT2D eigenvalue weighted by atomic mass is 16.5. The van der Waals surface area contributed by atoms with Crippen molar-refractivity contribution in [3.63, 3.8) is 0 Å². The first-order valence-corrected chi connectivity index (χ1v) is 6.86. The molecule has 0 fully saturated rings. The van der Waals surface area contributed by atoms with Crippen molar-refractivity contribution >= 4 is 11.7 Å². The molecule has 2 rings (SSSR count). The number of hydrogen-bond acceptors (Lipinski definition) is 4. The number of carbonyl (C=O) groups excluding carboxylic acids is 1. The van der Waals surface area contributed by atoms with Crippen LogP contribution in [0.15, 0.2) is 48.5 Å². The molecule has 0 aliphatic carbocycles. The summed E-state index contributed by atoms with van der Waals surface area (Å²) in [5.74, 6) is -0.482. The quantitative estimate of drug-likeness (QED) is 0.503. The summed E-state index contributed by atoms with van der Waals surface area (Å²) in [6.45, 7) is 2.31. The van der Waals surface area contributed by atoms with Gasteiger partial charge in [-0.3, -0.25) is 0 Å². The Hall–Kier alpha value is -2.49. The zero-order valence-corrected chi connectivity index (χ0v) is 12.0. The maximum atomic E-state index is 11.9. The van der Waals surface area contributed by atoms with Crippen molar-refractivity contribution in [2.24, 2.45) is 5.92 Å². The predicted molar refractivity (Wildman–Crippen MR) is 82.1 cm³/mol. The van der Waals surface area contributed by atoms with Gasteiger partial charge in [0.2, 0.25) is 0 Å². The first-order chi connectivity index (χ1) is 10.1. The second-order valence-corrected chi connectivity index (χ2v) is 5.17. The molecule has 4 nitrogen and oxygen atoms in total. The van der Waals surface area contributed by atoms with E-state index in [1.807, 2.05) is 37.3 Å². The summed E-state index contributed by atoms with van der Waals surface area (Å²) in [6.07, 6.45) is 0.830. The highest BCUT2D eigenvalue weighted by Crippen LogP contribution is 2.21. The van der Waals surface area contributed by atoms with Crippen molar-refractivity contribution in [3.8, 4) is 5.75 Å². The van der Waals surface area contributed by atoms with Gasteiger partial charge in [-0.25, -0.2) is 4.79 Å². The number of aromatic hydroxyl groups is 1. The molecule has 0 amide bonds. The molecule has 110 valence electrons. The topological polar surface area (TPSA) is 72.5 Å². The van der Waals surface area contributed by atoms with Crippen molar-refractivity contribution < 1.29 is 14.6 Å². The summed E-state index contributed by atoms with van der Waals surface area (Å²) in [4.78, 5) is 11.9. The summed E-state index contributed by atoms with van der Waals surface area (Å²) < 4.78 is 5.24. The van der Waals surface area contributed by atoms with Crippen LogP contribution in [0.25, 0.3) is 0 Å². The minimum atomic E-state index is -0.556. The van der Waals surface area contributed by atoms with Gasteiger partial charge in [0.25, 0.3) is 0 Å². The standard InChI is InChI=1S/C17H19NO3/c1-12(9-13-5-3-2-4-6-13)11-21-17(20)15-10-14(18)7-8-16(15)19/h2-8,10,12,19H,9,11,18H2,1H3/t12-/m1/s1. The van der Waals surface area contributed by atoms with Crippen LogP contribution in [0.2, 0.25) is 0 Å². The molecule has 0 spiro atoms. The Labute approximate surface area is 124 Å². The molecular weight excluding hydrogens is 266 g/mol. The van der Waals surface area contributed by atoms with E-state index in [1.165, 1.54) is 23.8 Å². The highest BCUT2D eigenvalue weighted by molar-refractivity contribution is 5.93. The van der Waals surface area contributed by atoms with Gasteiger partial charge < -0.3 is 15.6 Å². The molecule has 0 bridgehead atoms. The maximum absolute atomic E-state index is 11.9. The van der Waals surface area contributed by atoms with Crippen LogP contribution in [0.5, 0.6) is 5.75 Å². The van der Waals surface area contributed by atoms with Crippen LogP contribution in [0.3, 0.4) is 0 Å². The Morgan fingerprint density at radius 3 is 2.67 bits per heavy atom. The van der Waals surface area contributed by atoms with Crippen molar-refractivity contribution in [2.45, 2.75) is 13.3 Å². The number of nitrogen functional groups attached to an aromatic ring is 1. The van der Waals surface area contributed by atoms with E-state index in [9.17, 15) is 9.90 Å². The summed E-state index contributed by atoms with van der Waals surface area (Å²) in [6, 6.07) is 14.4. The fourth-order valence-electron chi connectivity index (χ4n) is 2.09. The third-order valence-electron chi connectivity index (χ3n) is 3.17. The molecule has 0 saturated carbocycles. The summed E-state index contributed by atoms with van der Waals surface area (Å²) in [5, 5.41) is 9.65. The third-order valence-corrected chi connectivity index (χ3v) is 3.17. The number of hydrogen-bond donors (Lipinski definition) is 2. The molecule has 2 aromatic carbocycles. The van der Waals surface area contributed by atoms with E-state index >= 15 is 0 Å². The summed E-state index contributed by atoms with van der Waals surface area (Å²) in [7, 11) is 0. The van der Waals surface area contributed by atoms with E-state index in [-0.39, 0.29) is 17.2 Å². The third kappa shape index (κ3) is 4.24. The number of nitrogens with two attached hydrogens (primary N) is 1. The molecule has 0 saturated heterocycles. The van der Waals surface area contributed by atoms with Gasteiger partial charge in [-0.05, 0) is 36.1 Å². The lowest BCUT2D eigenvalue weighted by Crippen LogP contribution is -2.14. The zero-order valence-electron chi connectivity index (χ0n) is 12.0. The number of rotatable bonds is 5. The Kier molecular flexibility index (Phi) is 4.82. The van der Waals surface area contributed by atoms with Gasteiger partial charge >= 0.3 is 5.97 Å². The van der Waals surface area contributed by atoms with Crippen molar-refractivity contribution in [2.75, 3.05) is 12.3 Å². The molecule has 3 N–H and O–H groups in total. The van der Waals surface area contributed by atoms with Crippen LogP contribution in [-0.2, 0) is 11.2 Å². The van der Waals surface area contributed by atoms with E-state index in [1.54, 1.807) is 0 Å². The minimum absolute atomic E-state index is 0.0990. The second-order valence-electron chi connectivity index (χ2n) is 5.17. The lowest BCUT2D eigenvalue weighted by Gasteiger charge is -2.13. The van der Waals surface area contributed by atoms with Gasteiger partial charge in [-0.15, -0.1) is 0 Å². The van der Waals surface area contributed by atoms with E-state index in [0.29, 0.717) is 12.3 Å². The predicted octanol–water partition coefficient (Wildman–Crippen LogP) is 3.01. The molecule has 0 aliphatic rings. The molecule has 0 heterocycles. The maximum Gasteiger partial charge on any atom is 0.341 e. The van der Waals surface area contributed by atoms with E-state index in [4.69, 9.17) is 10.5 Å². The first kappa shape index (κ1) is 14.9. The normalized spacial score (nSPS) is 11.9. The lowest BCUT2D eigenvalue weighted by atomic mass is 10.0. The molecule has 21 heavy (non-hydrogen) atoms. The Balaban J connectivity index is 1.90. The lowest BCUT2D eigenvalue weighted by molar-refractivity contribution is 0.0446. The second kappa shape index (κ2) is 6.79. The number of anilines is 1. The fourth-order valence-corrected chi connectivity index (χ4v) is 2.09. The largest absolute Gasteiger partial charge is 0.507 e. The molecule has 0 aliphatic heterocycles. The average Bonchev–Trinajstić information content (AvgIpc) is 2.48. The van der Waals surface area contributed by atoms with Crippen molar-refractivity contribution in [1.82, 2.24) is 0 Å². The van der Waals surface area contributed by atoms with Crippen LogP contribution < -0.4 is 5.73 Å². The summed E-state index contributed by atoms with van der Waals surface area (Å²) >= 11 is 0. The number of ether oxygens (including phenoxy) is 1. The molecule has 0 aromatic heterocycles. The van der Waals surface area contributed by atoms with Crippen LogP contribution in [-0.4, -0.2) is 17.7 Å². The van der Waals surface area contributed by atoms with E-state index in [0.717, 1.165) is 6.42 Å². The first-order valence-electron chi connectivity index (χ1n) is 6.86. The molecular formula is C17H19NO3. The van der Waals surface area contributed by atoms with Gasteiger partial charge in [0.1, 0.15) is 11.3 Å². The minimum Gasteiger partial charge on any atom is -0.507 e. The monoisotopic (exact) mass is 285 g/mol. The molecule has 4 heteroatoms. The Morgan fingerprint density at radius 1 is 1.24 bits per heavy atom. The van der Waals surface area contributed by atoms with Gasteiger partial charge in [-0.1, -0.05) is 37.3 Å². The fraction of sp³-hybridized carbons (Fsp3) is 0.235.